The number of hydrogen-bond acceptors (Lipinski definition) is 6. The zero-order chi connectivity index (χ0) is 27.6. The van der Waals surface area contributed by atoms with Gasteiger partial charge in [-0.25, -0.2) is 0 Å². The smallest absolute Gasteiger partial charge is 0.238 e. The SMILES string of the molecule is CCc1ccc(N2C(=O)C3CC=C4C(c5cc(OC)ccc5O)C5=C(CC4C3C2=O)C(=O)C(Br)=CC5=O)cc1. The number of nitrogens with zero attached hydrogens (tertiary/aromatic N) is 1. The van der Waals surface area contributed by atoms with Gasteiger partial charge in [0.15, 0.2) is 11.6 Å². The molecule has 6 rings (SSSR count). The fourth-order valence-electron chi connectivity index (χ4n) is 6.59. The number of Topliss-reactive ketones (excluding diaryl/α,β-unsaturated/α-hetero) is 1. The van der Waals surface area contributed by atoms with Gasteiger partial charge in [-0.1, -0.05) is 30.7 Å². The largest absolute Gasteiger partial charge is 0.508 e. The number of aromatic hydroxyl groups is 1. The Hall–Kier alpha value is -3.78. The minimum atomic E-state index is -0.746. The molecule has 4 atom stereocenters. The topological polar surface area (TPSA) is 101 Å². The molecule has 8 heteroatoms. The fourth-order valence-corrected chi connectivity index (χ4v) is 7.04. The summed E-state index contributed by atoms with van der Waals surface area (Å²) in [5.74, 6) is -3.22. The summed E-state index contributed by atoms with van der Waals surface area (Å²) in [5.41, 5.74) is 3.45. The molecule has 2 aromatic carbocycles. The summed E-state index contributed by atoms with van der Waals surface area (Å²) in [4.78, 5) is 55.5. The number of halogens is 1. The highest BCUT2D eigenvalue weighted by atomic mass is 79.9. The van der Waals surface area contributed by atoms with Crippen molar-refractivity contribution in [2.75, 3.05) is 12.0 Å². The second kappa shape index (κ2) is 9.45. The van der Waals surface area contributed by atoms with Crippen LogP contribution >= 0.6 is 15.9 Å². The monoisotopic (exact) mass is 587 g/mol. The molecule has 7 nitrogen and oxygen atoms in total. The van der Waals surface area contributed by atoms with Crippen molar-refractivity contribution in [1.82, 2.24) is 0 Å². The van der Waals surface area contributed by atoms with Crippen LogP contribution in [0.3, 0.4) is 0 Å². The number of aryl methyl sites for hydroxylation is 1. The van der Waals surface area contributed by atoms with Crippen LogP contribution in [-0.4, -0.2) is 35.6 Å². The lowest BCUT2D eigenvalue weighted by Crippen LogP contribution is -2.39. The number of hydrogen-bond donors (Lipinski definition) is 1. The van der Waals surface area contributed by atoms with Crippen molar-refractivity contribution in [2.45, 2.75) is 32.1 Å². The average molecular weight is 588 g/mol. The first-order chi connectivity index (χ1) is 18.7. The number of rotatable bonds is 4. The predicted molar refractivity (Wildman–Crippen MR) is 148 cm³/mol. The van der Waals surface area contributed by atoms with Gasteiger partial charge in [-0.15, -0.1) is 0 Å². The van der Waals surface area contributed by atoms with Crippen LogP contribution < -0.4 is 9.64 Å². The van der Waals surface area contributed by atoms with Gasteiger partial charge in [-0.2, -0.15) is 0 Å². The predicted octanol–water partition coefficient (Wildman–Crippen LogP) is 4.93. The van der Waals surface area contributed by atoms with Crippen LogP contribution in [0.1, 0.15) is 36.8 Å². The molecule has 4 unspecified atom stereocenters. The zero-order valence-corrected chi connectivity index (χ0v) is 23.0. The van der Waals surface area contributed by atoms with E-state index < -0.39 is 23.7 Å². The summed E-state index contributed by atoms with van der Waals surface area (Å²) in [5, 5.41) is 10.9. The average Bonchev–Trinajstić information content (AvgIpc) is 3.20. The number of ether oxygens (including phenoxy) is 1. The van der Waals surface area contributed by atoms with E-state index in [1.165, 1.54) is 24.2 Å². The number of benzene rings is 2. The van der Waals surface area contributed by atoms with Crippen LogP contribution in [0.2, 0.25) is 0 Å². The first kappa shape index (κ1) is 25.5. The van der Waals surface area contributed by atoms with Crippen LogP contribution in [0.4, 0.5) is 5.69 Å². The summed E-state index contributed by atoms with van der Waals surface area (Å²) in [6, 6.07) is 12.2. The molecule has 4 aliphatic rings. The van der Waals surface area contributed by atoms with Crippen molar-refractivity contribution < 1.29 is 29.0 Å². The van der Waals surface area contributed by atoms with Gasteiger partial charge in [0.05, 0.1) is 29.1 Å². The molecule has 1 heterocycles. The van der Waals surface area contributed by atoms with E-state index in [0.717, 1.165) is 17.6 Å². The van der Waals surface area contributed by atoms with E-state index in [1.54, 1.807) is 24.3 Å². The number of anilines is 1. The van der Waals surface area contributed by atoms with Crippen LogP contribution in [0, 0.1) is 17.8 Å². The minimum absolute atomic E-state index is 0.0448. The van der Waals surface area contributed by atoms with E-state index >= 15 is 0 Å². The first-order valence-electron chi connectivity index (χ1n) is 13.0. The summed E-state index contributed by atoms with van der Waals surface area (Å²) in [7, 11) is 1.51. The van der Waals surface area contributed by atoms with Crippen molar-refractivity contribution in [3.8, 4) is 11.5 Å². The molecular weight excluding hydrogens is 562 g/mol. The molecule has 1 saturated heterocycles. The molecule has 0 spiro atoms. The Labute approximate surface area is 234 Å². The van der Waals surface area contributed by atoms with Crippen LogP contribution in [0.15, 0.2) is 75.8 Å². The van der Waals surface area contributed by atoms with E-state index in [9.17, 15) is 24.3 Å². The molecule has 198 valence electrons. The fraction of sp³-hybridized carbons (Fsp3) is 0.290. The van der Waals surface area contributed by atoms with E-state index in [2.05, 4.69) is 15.9 Å². The lowest BCUT2D eigenvalue weighted by molar-refractivity contribution is -0.123. The van der Waals surface area contributed by atoms with Crippen LogP contribution in [0.25, 0.3) is 0 Å². The molecule has 2 aromatic rings. The second-order valence-corrected chi connectivity index (χ2v) is 11.2. The maximum Gasteiger partial charge on any atom is 0.238 e. The van der Waals surface area contributed by atoms with Gasteiger partial charge in [0.2, 0.25) is 11.8 Å². The van der Waals surface area contributed by atoms with Gasteiger partial charge >= 0.3 is 0 Å². The molecule has 39 heavy (non-hydrogen) atoms. The van der Waals surface area contributed by atoms with Crippen LogP contribution in [0.5, 0.6) is 11.5 Å². The van der Waals surface area contributed by atoms with Crippen molar-refractivity contribution in [2.24, 2.45) is 17.8 Å². The lowest BCUT2D eigenvalue weighted by atomic mass is 9.59. The second-order valence-electron chi connectivity index (χ2n) is 10.4. The highest BCUT2D eigenvalue weighted by molar-refractivity contribution is 9.12. The number of carbonyl (C=O) groups excluding carboxylic acids is 4. The number of ketones is 2. The number of allylic oxidation sites excluding steroid dienone is 6. The minimum Gasteiger partial charge on any atom is -0.508 e. The first-order valence-corrected chi connectivity index (χ1v) is 13.8. The van der Waals surface area contributed by atoms with E-state index in [0.29, 0.717) is 34.6 Å². The molecule has 2 amide bonds. The van der Waals surface area contributed by atoms with Gasteiger partial charge in [0.1, 0.15) is 11.5 Å². The molecule has 0 aromatic heterocycles. The molecule has 1 aliphatic heterocycles. The zero-order valence-electron chi connectivity index (χ0n) is 21.4. The van der Waals surface area contributed by atoms with Crippen LogP contribution in [-0.2, 0) is 25.6 Å². The quantitative estimate of drug-likeness (QED) is 0.309. The number of fused-ring (bicyclic) bond motifs is 3. The van der Waals surface area contributed by atoms with Gasteiger partial charge in [0, 0.05) is 28.7 Å². The highest BCUT2D eigenvalue weighted by Gasteiger charge is 2.56. The Balaban J connectivity index is 1.48. The normalized spacial score (nSPS) is 26.2. The van der Waals surface area contributed by atoms with Gasteiger partial charge in [0.25, 0.3) is 0 Å². The van der Waals surface area contributed by atoms with Gasteiger partial charge in [-0.3, -0.25) is 24.1 Å². The third-order valence-corrected chi connectivity index (χ3v) is 9.07. The van der Waals surface area contributed by atoms with E-state index in [-0.39, 0.29) is 40.0 Å². The van der Waals surface area contributed by atoms with Gasteiger partial charge < -0.3 is 9.84 Å². The number of carbonyl (C=O) groups is 4. The third-order valence-electron chi connectivity index (χ3n) is 8.48. The van der Waals surface area contributed by atoms with E-state index in [1.807, 2.05) is 25.1 Å². The molecule has 0 saturated carbocycles. The summed E-state index contributed by atoms with van der Waals surface area (Å²) >= 11 is 3.23. The Morgan fingerprint density at radius 3 is 2.46 bits per heavy atom. The third kappa shape index (κ3) is 3.84. The summed E-state index contributed by atoms with van der Waals surface area (Å²) in [6.07, 6.45) is 4.54. The lowest BCUT2D eigenvalue weighted by Gasteiger charge is -2.42. The highest BCUT2D eigenvalue weighted by Crippen LogP contribution is 2.56. The Morgan fingerprint density at radius 2 is 1.77 bits per heavy atom. The molecular formula is C31H26BrNO6. The molecule has 1 N–H and O–H groups in total. The van der Waals surface area contributed by atoms with E-state index in [4.69, 9.17) is 4.74 Å². The van der Waals surface area contributed by atoms with Crippen molar-refractivity contribution in [3.63, 3.8) is 0 Å². The Kier molecular flexibility index (Phi) is 6.18. The number of phenols is 1. The molecule has 0 radical (unpaired) electrons. The maximum atomic E-state index is 14.0. The maximum absolute atomic E-state index is 14.0. The van der Waals surface area contributed by atoms with Crippen molar-refractivity contribution in [1.29, 1.82) is 0 Å². The van der Waals surface area contributed by atoms with Gasteiger partial charge in [-0.05, 0) is 77.0 Å². The number of phenolic OH excluding ortho intramolecular Hbond substituents is 1. The Morgan fingerprint density at radius 1 is 1.03 bits per heavy atom. The summed E-state index contributed by atoms with van der Waals surface area (Å²) < 4.78 is 5.55. The molecule has 3 aliphatic carbocycles. The molecule has 0 bridgehead atoms. The van der Waals surface area contributed by atoms with Crippen molar-refractivity contribution >= 4 is 45.0 Å². The van der Waals surface area contributed by atoms with Crippen molar-refractivity contribution in [3.05, 3.63) is 86.9 Å². The number of imide groups is 1. The summed E-state index contributed by atoms with van der Waals surface area (Å²) in [6.45, 7) is 2.04. The Bertz CT molecular complexity index is 1550. The number of amides is 2. The molecule has 1 fully saturated rings. The number of methoxy groups -OCH3 is 1. The standard InChI is InChI=1S/C31H26BrNO6/c1-3-15-4-6-16(7-5-15)33-30(37)19-10-9-18-20(27(19)31(33)38)13-22-28(25(35)14-23(32)29(22)36)26(18)21-12-17(39-2)8-11-24(21)34/h4-9,11-12,14,19-20,26-27,34H,3,10,13H2,1-2H3.